The summed E-state index contributed by atoms with van der Waals surface area (Å²) in [6.07, 6.45) is -6.68. The van der Waals surface area contributed by atoms with Gasteiger partial charge in [0.2, 0.25) is 0 Å². The summed E-state index contributed by atoms with van der Waals surface area (Å²) in [6, 6.07) is 0. The van der Waals surface area contributed by atoms with Crippen molar-refractivity contribution in [3.05, 3.63) is 0 Å². The van der Waals surface area contributed by atoms with Crippen molar-refractivity contribution in [2.24, 2.45) is 0 Å². The van der Waals surface area contributed by atoms with Crippen LogP contribution in [0.5, 0.6) is 0 Å². The van der Waals surface area contributed by atoms with Gasteiger partial charge in [-0.25, -0.2) is 4.79 Å². The standard InChI is InChI=1S/C6H8F3NO3/c1-2-3(4(11)12)13-5(10)6(7,8)9/h3,10H,2H2,1H3,(H,11,12). The molecule has 0 aromatic heterocycles. The average molecular weight is 199 g/mol. The van der Waals surface area contributed by atoms with E-state index < -0.39 is 24.1 Å². The van der Waals surface area contributed by atoms with Crippen molar-refractivity contribution in [1.29, 1.82) is 5.41 Å². The van der Waals surface area contributed by atoms with Crippen molar-refractivity contribution >= 4 is 11.9 Å². The van der Waals surface area contributed by atoms with E-state index in [1.807, 2.05) is 0 Å². The molecule has 0 aromatic carbocycles. The van der Waals surface area contributed by atoms with Crippen LogP contribution < -0.4 is 0 Å². The SMILES string of the molecule is CCC(OC(=N)C(F)(F)F)C(=O)O. The second-order valence-electron chi connectivity index (χ2n) is 2.18. The van der Waals surface area contributed by atoms with E-state index in [9.17, 15) is 18.0 Å². The van der Waals surface area contributed by atoms with Crippen LogP contribution in [0.15, 0.2) is 0 Å². The molecule has 0 saturated carbocycles. The van der Waals surface area contributed by atoms with Crippen molar-refractivity contribution in [2.75, 3.05) is 0 Å². The molecule has 0 rings (SSSR count). The number of carboxylic acid groups (broad SMARTS) is 1. The third-order valence-electron chi connectivity index (χ3n) is 1.16. The Balaban J connectivity index is 4.26. The molecule has 4 nitrogen and oxygen atoms in total. The third kappa shape index (κ3) is 3.77. The van der Waals surface area contributed by atoms with Crippen molar-refractivity contribution in [2.45, 2.75) is 25.6 Å². The van der Waals surface area contributed by atoms with Crippen LogP contribution in [0.25, 0.3) is 0 Å². The Hall–Kier alpha value is -1.27. The molecule has 1 atom stereocenters. The summed E-state index contributed by atoms with van der Waals surface area (Å²) in [5.74, 6) is -3.50. The average Bonchev–Trinajstić information content (AvgIpc) is 1.96. The topological polar surface area (TPSA) is 70.4 Å². The normalized spacial score (nSPS) is 13.5. The van der Waals surface area contributed by atoms with Gasteiger partial charge in [0.25, 0.3) is 5.90 Å². The molecular formula is C6H8F3NO3. The summed E-state index contributed by atoms with van der Waals surface area (Å²) in [5, 5.41) is 14.7. The van der Waals surface area contributed by atoms with Gasteiger partial charge in [-0.2, -0.15) is 13.2 Å². The highest BCUT2D eigenvalue weighted by atomic mass is 19.4. The highest BCUT2D eigenvalue weighted by Gasteiger charge is 2.39. The fourth-order valence-corrected chi connectivity index (χ4v) is 0.517. The van der Waals surface area contributed by atoms with Crippen LogP contribution >= 0.6 is 0 Å². The minimum absolute atomic E-state index is 0.131. The Morgan fingerprint density at radius 1 is 1.62 bits per heavy atom. The van der Waals surface area contributed by atoms with Crippen molar-refractivity contribution in [3.63, 3.8) is 0 Å². The molecule has 0 saturated heterocycles. The largest absolute Gasteiger partial charge is 0.479 e. The molecule has 13 heavy (non-hydrogen) atoms. The number of ether oxygens (including phenoxy) is 1. The summed E-state index contributed by atoms with van der Waals surface area (Å²) in [7, 11) is 0. The maximum absolute atomic E-state index is 11.7. The molecule has 1 unspecified atom stereocenters. The third-order valence-corrected chi connectivity index (χ3v) is 1.16. The van der Waals surface area contributed by atoms with Gasteiger partial charge in [-0.1, -0.05) is 6.92 Å². The lowest BCUT2D eigenvalue weighted by atomic mass is 10.3. The fraction of sp³-hybridized carbons (Fsp3) is 0.667. The number of hydrogen-bond donors (Lipinski definition) is 2. The number of carbonyl (C=O) groups is 1. The van der Waals surface area contributed by atoms with E-state index in [0.29, 0.717) is 0 Å². The minimum atomic E-state index is -4.93. The van der Waals surface area contributed by atoms with Crippen molar-refractivity contribution < 1.29 is 27.8 Å². The summed E-state index contributed by atoms with van der Waals surface area (Å²) in [5.41, 5.74) is 0. The Morgan fingerprint density at radius 3 is 2.31 bits per heavy atom. The van der Waals surface area contributed by atoms with Crippen molar-refractivity contribution in [1.82, 2.24) is 0 Å². The maximum Gasteiger partial charge on any atom is 0.467 e. The van der Waals surface area contributed by atoms with Crippen LogP contribution in [0.4, 0.5) is 13.2 Å². The zero-order valence-corrected chi connectivity index (χ0v) is 6.68. The quantitative estimate of drug-likeness (QED) is 0.533. The molecule has 0 bridgehead atoms. The Bertz CT molecular complexity index is 214. The molecule has 0 aliphatic heterocycles. The first-order valence-electron chi connectivity index (χ1n) is 3.34. The van der Waals surface area contributed by atoms with Crippen LogP contribution in [0.1, 0.15) is 13.3 Å². The van der Waals surface area contributed by atoms with E-state index in [2.05, 4.69) is 4.74 Å². The van der Waals surface area contributed by atoms with E-state index in [0.717, 1.165) is 0 Å². The van der Waals surface area contributed by atoms with E-state index >= 15 is 0 Å². The molecule has 0 aromatic rings. The monoisotopic (exact) mass is 199 g/mol. The number of nitrogens with one attached hydrogen (secondary N) is 1. The molecule has 0 heterocycles. The summed E-state index contributed by atoms with van der Waals surface area (Å²) in [4.78, 5) is 10.2. The predicted octanol–water partition coefficient (Wildman–Crippen LogP) is 1.41. The summed E-state index contributed by atoms with van der Waals surface area (Å²) in [6.45, 7) is 1.35. The predicted molar refractivity (Wildman–Crippen MR) is 36.6 cm³/mol. The molecular weight excluding hydrogens is 191 g/mol. The van der Waals surface area contributed by atoms with Gasteiger partial charge in [0.05, 0.1) is 0 Å². The number of aliphatic carboxylic acids is 1. The Labute approximate surface area is 71.8 Å². The zero-order chi connectivity index (χ0) is 10.6. The van der Waals surface area contributed by atoms with E-state index in [-0.39, 0.29) is 6.42 Å². The fourth-order valence-electron chi connectivity index (χ4n) is 0.517. The van der Waals surface area contributed by atoms with Gasteiger partial charge < -0.3 is 9.84 Å². The zero-order valence-electron chi connectivity index (χ0n) is 6.68. The molecule has 2 N–H and O–H groups in total. The molecule has 0 aliphatic rings. The molecule has 7 heteroatoms. The number of carboxylic acids is 1. The van der Waals surface area contributed by atoms with Gasteiger partial charge in [-0.15, -0.1) is 0 Å². The van der Waals surface area contributed by atoms with Gasteiger partial charge in [0.1, 0.15) is 0 Å². The molecule has 0 radical (unpaired) electrons. The van der Waals surface area contributed by atoms with E-state index in [1.54, 1.807) is 0 Å². The van der Waals surface area contributed by atoms with Gasteiger partial charge in [-0.3, -0.25) is 5.41 Å². The number of hydrogen-bond acceptors (Lipinski definition) is 3. The lowest BCUT2D eigenvalue weighted by Crippen LogP contribution is -2.33. The van der Waals surface area contributed by atoms with E-state index in [1.165, 1.54) is 6.92 Å². The molecule has 0 amide bonds. The second-order valence-corrected chi connectivity index (χ2v) is 2.18. The highest BCUT2D eigenvalue weighted by molar-refractivity contribution is 5.82. The lowest BCUT2D eigenvalue weighted by molar-refractivity contribution is -0.148. The maximum atomic E-state index is 11.7. The smallest absolute Gasteiger partial charge is 0.467 e. The Kier molecular flexibility index (Phi) is 3.70. The summed E-state index contributed by atoms with van der Waals surface area (Å²) >= 11 is 0. The number of halogens is 3. The highest BCUT2D eigenvalue weighted by Crippen LogP contribution is 2.18. The van der Waals surface area contributed by atoms with Gasteiger partial charge in [0.15, 0.2) is 6.10 Å². The number of alkyl halides is 3. The minimum Gasteiger partial charge on any atom is -0.479 e. The molecule has 0 aliphatic carbocycles. The first-order chi connectivity index (χ1) is 5.79. The molecule has 0 spiro atoms. The van der Waals surface area contributed by atoms with Crippen LogP contribution in [-0.4, -0.2) is 29.3 Å². The van der Waals surface area contributed by atoms with Crippen LogP contribution in [0, 0.1) is 5.41 Å². The molecule has 76 valence electrons. The Morgan fingerprint density at radius 2 is 2.08 bits per heavy atom. The second kappa shape index (κ2) is 4.11. The lowest BCUT2D eigenvalue weighted by Gasteiger charge is -2.14. The van der Waals surface area contributed by atoms with Crippen molar-refractivity contribution in [3.8, 4) is 0 Å². The van der Waals surface area contributed by atoms with Gasteiger partial charge >= 0.3 is 12.1 Å². The summed E-state index contributed by atoms with van der Waals surface area (Å²) < 4.78 is 38.9. The van der Waals surface area contributed by atoms with E-state index in [4.69, 9.17) is 10.5 Å². The van der Waals surface area contributed by atoms with Crippen LogP contribution in [-0.2, 0) is 9.53 Å². The first kappa shape index (κ1) is 11.7. The van der Waals surface area contributed by atoms with Crippen LogP contribution in [0.3, 0.4) is 0 Å². The number of rotatable bonds is 3. The van der Waals surface area contributed by atoms with Gasteiger partial charge in [-0.05, 0) is 6.42 Å². The molecule has 0 fully saturated rings. The van der Waals surface area contributed by atoms with Crippen LogP contribution in [0.2, 0.25) is 0 Å². The first-order valence-corrected chi connectivity index (χ1v) is 3.34. The van der Waals surface area contributed by atoms with Gasteiger partial charge in [0, 0.05) is 0 Å².